The first-order valence-electron chi connectivity index (χ1n) is 10.9. The largest absolute Gasteiger partial charge is 0.383 e. The Bertz CT molecular complexity index is 1280. The molecule has 0 spiro atoms. The van der Waals surface area contributed by atoms with E-state index < -0.39 is 11.6 Å². The number of hydrogen-bond acceptors (Lipinski definition) is 8. The zero-order chi connectivity index (χ0) is 22.5. The first-order chi connectivity index (χ1) is 16.1. The quantitative estimate of drug-likeness (QED) is 0.655. The minimum Gasteiger partial charge on any atom is -0.383 e. The van der Waals surface area contributed by atoms with Crippen LogP contribution >= 0.6 is 0 Å². The number of benzene rings is 1. The standard InChI is InChI=1S/C22H21F2N9/c23-16-2-1-3-19(20(16)24)33-22(29-30-31-33)14-8-13(10-26-21(14)25)17-9-18(28-27-17)15-11-32-6-4-12(15)5-7-32/h1-3,8-10,12,15,18H,4-7,11H2,(H2,25,26). The average molecular weight is 449 g/mol. The molecule has 168 valence electrons. The number of halogens is 2. The number of azo groups is 1. The first-order valence-corrected chi connectivity index (χ1v) is 10.9. The van der Waals surface area contributed by atoms with Gasteiger partial charge in [-0.25, -0.2) is 13.8 Å². The van der Waals surface area contributed by atoms with Crippen LogP contribution in [0.4, 0.5) is 14.6 Å². The van der Waals surface area contributed by atoms with E-state index in [9.17, 15) is 8.78 Å². The number of nitrogen functional groups attached to an aromatic ring is 1. The van der Waals surface area contributed by atoms with E-state index in [1.165, 1.54) is 38.1 Å². The molecule has 6 heterocycles. The Balaban J connectivity index is 1.34. The molecule has 2 aromatic heterocycles. The molecule has 0 aliphatic carbocycles. The van der Waals surface area contributed by atoms with Gasteiger partial charge < -0.3 is 10.6 Å². The first kappa shape index (κ1) is 20.0. The zero-order valence-corrected chi connectivity index (χ0v) is 17.6. The number of nitrogens with zero attached hydrogens (tertiary/aromatic N) is 8. The van der Waals surface area contributed by atoms with E-state index >= 15 is 0 Å². The van der Waals surface area contributed by atoms with Crippen LogP contribution in [-0.2, 0) is 0 Å². The summed E-state index contributed by atoms with van der Waals surface area (Å²) in [6, 6.07) is 5.60. The molecule has 2 bridgehead atoms. The van der Waals surface area contributed by atoms with E-state index in [1.54, 1.807) is 12.3 Å². The highest BCUT2D eigenvalue weighted by Crippen LogP contribution is 2.39. The van der Waals surface area contributed by atoms with Gasteiger partial charge in [-0.1, -0.05) is 6.07 Å². The smallest absolute Gasteiger partial charge is 0.190 e. The summed E-state index contributed by atoms with van der Waals surface area (Å²) in [5.41, 5.74) is 7.80. The Morgan fingerprint density at radius 3 is 2.76 bits per heavy atom. The topological polar surface area (TPSA) is 110 Å². The van der Waals surface area contributed by atoms with Gasteiger partial charge in [-0.15, -0.1) is 5.10 Å². The van der Waals surface area contributed by atoms with Crippen LogP contribution in [0, 0.1) is 23.5 Å². The van der Waals surface area contributed by atoms with Crippen molar-refractivity contribution >= 4 is 11.5 Å². The molecule has 2 unspecified atom stereocenters. The fraction of sp³-hybridized carbons (Fsp3) is 0.364. The van der Waals surface area contributed by atoms with Gasteiger partial charge in [0, 0.05) is 24.2 Å². The minimum absolute atomic E-state index is 0.0424. The van der Waals surface area contributed by atoms with Crippen LogP contribution in [0.5, 0.6) is 0 Å². The molecule has 3 aromatic rings. The normalized spacial score (nSPS) is 26.1. The predicted octanol–water partition coefficient (Wildman–Crippen LogP) is 3.10. The molecule has 33 heavy (non-hydrogen) atoms. The number of fused-ring (bicyclic) bond motifs is 3. The molecular weight excluding hydrogens is 428 g/mol. The lowest BCUT2D eigenvalue weighted by atomic mass is 9.75. The van der Waals surface area contributed by atoms with Crippen molar-refractivity contribution in [3.63, 3.8) is 0 Å². The lowest BCUT2D eigenvalue weighted by molar-refractivity contribution is 0.0451. The molecular formula is C22H21F2N9. The van der Waals surface area contributed by atoms with Crippen molar-refractivity contribution in [3.8, 4) is 17.1 Å². The minimum atomic E-state index is -1.05. The Morgan fingerprint density at radius 2 is 1.97 bits per heavy atom. The molecule has 2 N–H and O–H groups in total. The maximum atomic E-state index is 14.4. The van der Waals surface area contributed by atoms with E-state index in [0.29, 0.717) is 28.7 Å². The van der Waals surface area contributed by atoms with Crippen LogP contribution < -0.4 is 5.73 Å². The lowest BCUT2D eigenvalue weighted by Gasteiger charge is -2.45. The summed E-state index contributed by atoms with van der Waals surface area (Å²) in [7, 11) is 0. The second-order valence-electron chi connectivity index (χ2n) is 8.70. The molecule has 1 aromatic carbocycles. The molecule has 11 heteroatoms. The molecule has 0 amide bonds. The molecule has 2 atom stereocenters. The van der Waals surface area contributed by atoms with Crippen LogP contribution in [0.15, 0.2) is 46.8 Å². The van der Waals surface area contributed by atoms with Crippen molar-refractivity contribution in [3.05, 3.63) is 53.7 Å². The van der Waals surface area contributed by atoms with Gasteiger partial charge >= 0.3 is 0 Å². The van der Waals surface area contributed by atoms with Crippen LogP contribution in [0.1, 0.15) is 18.4 Å². The highest BCUT2D eigenvalue weighted by molar-refractivity contribution is 5.76. The van der Waals surface area contributed by atoms with Gasteiger partial charge in [0.15, 0.2) is 17.5 Å². The molecule has 0 saturated carbocycles. The fourth-order valence-electron chi connectivity index (χ4n) is 5.09. The number of pyridine rings is 1. The number of piperidine rings is 3. The van der Waals surface area contributed by atoms with Crippen molar-refractivity contribution < 1.29 is 8.78 Å². The Morgan fingerprint density at radius 1 is 1.12 bits per heavy atom. The average Bonchev–Trinajstić information content (AvgIpc) is 3.52. The van der Waals surface area contributed by atoms with E-state index in [1.807, 2.05) is 0 Å². The third kappa shape index (κ3) is 3.39. The van der Waals surface area contributed by atoms with Crippen molar-refractivity contribution in [2.75, 3.05) is 25.4 Å². The molecule has 3 fully saturated rings. The van der Waals surface area contributed by atoms with Crippen LogP contribution in [0.25, 0.3) is 22.8 Å². The summed E-state index contributed by atoms with van der Waals surface area (Å²) in [4.78, 5) is 6.78. The van der Waals surface area contributed by atoms with Gasteiger partial charge in [-0.05, 0) is 66.6 Å². The van der Waals surface area contributed by atoms with Crippen molar-refractivity contribution in [1.29, 1.82) is 0 Å². The monoisotopic (exact) mass is 449 g/mol. The summed E-state index contributed by atoms with van der Waals surface area (Å²) in [6.45, 7) is 3.40. The van der Waals surface area contributed by atoms with Gasteiger partial charge in [0.1, 0.15) is 11.5 Å². The van der Waals surface area contributed by atoms with Crippen LogP contribution in [0.3, 0.4) is 0 Å². The van der Waals surface area contributed by atoms with Crippen LogP contribution in [0.2, 0.25) is 0 Å². The number of nitrogens with two attached hydrogens (primary N) is 1. The second kappa shape index (κ2) is 7.77. The lowest BCUT2D eigenvalue weighted by Crippen LogP contribution is -2.50. The van der Waals surface area contributed by atoms with E-state index in [0.717, 1.165) is 17.3 Å². The number of rotatable bonds is 4. The molecule has 7 rings (SSSR count). The number of anilines is 1. The number of aromatic nitrogens is 5. The Hall–Kier alpha value is -3.60. The maximum Gasteiger partial charge on any atom is 0.190 e. The van der Waals surface area contributed by atoms with Gasteiger partial charge in [-0.3, -0.25) is 0 Å². The van der Waals surface area contributed by atoms with Gasteiger partial charge in [0.05, 0.1) is 17.3 Å². The summed E-state index contributed by atoms with van der Waals surface area (Å²) in [5.74, 6) is -0.587. The Kier molecular flexibility index (Phi) is 4.72. The Labute approximate surface area is 188 Å². The summed E-state index contributed by atoms with van der Waals surface area (Å²) in [6.07, 6.45) is 6.14. The fourth-order valence-corrected chi connectivity index (χ4v) is 5.09. The van der Waals surface area contributed by atoms with Crippen molar-refractivity contribution in [2.24, 2.45) is 22.1 Å². The predicted molar refractivity (Wildman–Crippen MR) is 116 cm³/mol. The highest BCUT2D eigenvalue weighted by Gasteiger charge is 2.39. The highest BCUT2D eigenvalue weighted by atomic mass is 19.2. The van der Waals surface area contributed by atoms with Gasteiger partial charge in [0.25, 0.3) is 0 Å². The molecule has 0 radical (unpaired) electrons. The zero-order valence-electron chi connectivity index (χ0n) is 17.6. The van der Waals surface area contributed by atoms with Crippen molar-refractivity contribution in [1.82, 2.24) is 30.1 Å². The molecule has 3 saturated heterocycles. The number of hydrogen-bond donors (Lipinski definition) is 1. The van der Waals surface area contributed by atoms with E-state index in [2.05, 4.69) is 41.7 Å². The third-order valence-corrected chi connectivity index (χ3v) is 6.86. The van der Waals surface area contributed by atoms with E-state index in [-0.39, 0.29) is 23.4 Å². The SMILES string of the molecule is Nc1ncc(C2=CC(C3CN4CCC3CC4)N=N2)cc1-c1nnnn1-c1cccc(F)c1F. The molecule has 4 aliphatic heterocycles. The number of tetrazole rings is 1. The van der Waals surface area contributed by atoms with Crippen LogP contribution in [-0.4, -0.2) is 55.8 Å². The molecule has 9 nitrogen and oxygen atoms in total. The van der Waals surface area contributed by atoms with E-state index in [4.69, 9.17) is 5.73 Å². The van der Waals surface area contributed by atoms with Gasteiger partial charge in [0.2, 0.25) is 0 Å². The molecule has 4 aliphatic rings. The van der Waals surface area contributed by atoms with Crippen molar-refractivity contribution in [2.45, 2.75) is 18.9 Å². The van der Waals surface area contributed by atoms with Gasteiger partial charge in [-0.2, -0.15) is 14.9 Å². The third-order valence-electron chi connectivity index (χ3n) is 6.86. The summed E-state index contributed by atoms with van der Waals surface area (Å²) < 4.78 is 29.3. The summed E-state index contributed by atoms with van der Waals surface area (Å²) in [5, 5.41) is 20.4. The second-order valence-corrected chi connectivity index (χ2v) is 8.70. The summed E-state index contributed by atoms with van der Waals surface area (Å²) >= 11 is 0. The maximum absolute atomic E-state index is 14.4.